The minimum atomic E-state index is -3.82. The Morgan fingerprint density at radius 3 is 2.19 bits per heavy atom. The minimum Gasteiger partial charge on any atom is -0.497 e. The zero-order valence-corrected chi connectivity index (χ0v) is 18.3. The van der Waals surface area contributed by atoms with Gasteiger partial charge in [-0.3, -0.25) is 14.3 Å². The van der Waals surface area contributed by atoms with Crippen molar-refractivity contribution in [3.05, 3.63) is 96.2 Å². The van der Waals surface area contributed by atoms with E-state index in [0.717, 1.165) is 0 Å². The standard InChI is InChI=1S/C24H22N2O5S/c1-17(27)19-4-3-5-21(16-19)26-32(29,30)23-12-8-20(9-13-23)25-15-14-24(28)18-6-10-22(31-2)11-7-18/h3-16,25-26H,1-2H3/b15-14-. The van der Waals surface area contributed by atoms with Crippen molar-refractivity contribution < 1.29 is 22.7 Å². The summed E-state index contributed by atoms with van der Waals surface area (Å²) in [6.07, 6.45) is 2.87. The highest BCUT2D eigenvalue weighted by atomic mass is 32.2. The number of benzene rings is 3. The van der Waals surface area contributed by atoms with Gasteiger partial charge >= 0.3 is 0 Å². The fourth-order valence-corrected chi connectivity index (χ4v) is 3.86. The minimum absolute atomic E-state index is 0.0644. The number of hydrogen-bond donors (Lipinski definition) is 2. The molecule has 164 valence electrons. The lowest BCUT2D eigenvalue weighted by molar-refractivity contribution is 0.101. The molecule has 0 radical (unpaired) electrons. The first-order valence-corrected chi connectivity index (χ1v) is 11.1. The van der Waals surface area contributed by atoms with Gasteiger partial charge in [-0.05, 0) is 67.6 Å². The molecule has 0 spiro atoms. The average Bonchev–Trinajstić information content (AvgIpc) is 2.79. The van der Waals surface area contributed by atoms with Gasteiger partial charge in [-0.2, -0.15) is 0 Å². The summed E-state index contributed by atoms with van der Waals surface area (Å²) in [5.41, 5.74) is 1.85. The van der Waals surface area contributed by atoms with Crippen LogP contribution in [0.25, 0.3) is 0 Å². The smallest absolute Gasteiger partial charge is 0.261 e. The number of anilines is 2. The van der Waals surface area contributed by atoms with Crippen molar-refractivity contribution >= 4 is 33.0 Å². The molecule has 0 bridgehead atoms. The molecule has 0 aromatic heterocycles. The van der Waals surface area contributed by atoms with Crippen molar-refractivity contribution in [2.24, 2.45) is 0 Å². The fraction of sp³-hybridized carbons (Fsp3) is 0.0833. The summed E-state index contributed by atoms with van der Waals surface area (Å²) in [5, 5.41) is 2.94. The number of sulfonamides is 1. The van der Waals surface area contributed by atoms with Crippen LogP contribution in [0, 0.1) is 0 Å². The van der Waals surface area contributed by atoms with E-state index in [1.807, 2.05) is 0 Å². The van der Waals surface area contributed by atoms with Crippen LogP contribution in [0.4, 0.5) is 11.4 Å². The maximum absolute atomic E-state index is 12.6. The first-order chi connectivity index (χ1) is 15.3. The lowest BCUT2D eigenvalue weighted by Gasteiger charge is -2.09. The predicted octanol–water partition coefficient (Wildman–Crippen LogP) is 4.51. The molecule has 3 rings (SSSR count). The van der Waals surface area contributed by atoms with E-state index in [-0.39, 0.29) is 16.5 Å². The highest BCUT2D eigenvalue weighted by molar-refractivity contribution is 7.92. The van der Waals surface area contributed by atoms with Crippen molar-refractivity contribution in [2.75, 3.05) is 17.1 Å². The second kappa shape index (κ2) is 9.93. The van der Waals surface area contributed by atoms with Crippen LogP contribution in [0.3, 0.4) is 0 Å². The molecular formula is C24H22N2O5S. The van der Waals surface area contributed by atoms with Gasteiger partial charge in [0.25, 0.3) is 10.0 Å². The second-order valence-electron chi connectivity index (χ2n) is 6.84. The van der Waals surface area contributed by atoms with Gasteiger partial charge in [0.15, 0.2) is 11.6 Å². The third kappa shape index (κ3) is 5.83. The van der Waals surface area contributed by atoms with Crippen molar-refractivity contribution in [1.82, 2.24) is 0 Å². The van der Waals surface area contributed by atoms with Crippen LogP contribution in [0.1, 0.15) is 27.6 Å². The van der Waals surface area contributed by atoms with Gasteiger partial charge in [0.2, 0.25) is 0 Å². The molecule has 3 aromatic carbocycles. The normalized spacial score (nSPS) is 11.2. The van der Waals surface area contributed by atoms with E-state index in [9.17, 15) is 18.0 Å². The van der Waals surface area contributed by atoms with E-state index in [1.165, 1.54) is 37.4 Å². The number of allylic oxidation sites excluding steroid dienone is 1. The van der Waals surface area contributed by atoms with Gasteiger partial charge in [-0.25, -0.2) is 8.42 Å². The lowest BCUT2D eigenvalue weighted by atomic mass is 10.1. The number of carbonyl (C=O) groups is 2. The number of ketones is 2. The SMILES string of the molecule is COc1ccc(C(=O)/C=C\Nc2ccc(S(=O)(=O)Nc3cccc(C(C)=O)c3)cc2)cc1. The van der Waals surface area contributed by atoms with Gasteiger partial charge in [0.05, 0.1) is 12.0 Å². The van der Waals surface area contributed by atoms with Crippen molar-refractivity contribution in [3.8, 4) is 5.75 Å². The van der Waals surface area contributed by atoms with Gasteiger partial charge in [-0.15, -0.1) is 0 Å². The van der Waals surface area contributed by atoms with Crippen LogP contribution in [-0.2, 0) is 10.0 Å². The quantitative estimate of drug-likeness (QED) is 0.367. The third-order valence-electron chi connectivity index (χ3n) is 4.55. The fourth-order valence-electron chi connectivity index (χ4n) is 2.81. The van der Waals surface area contributed by atoms with Gasteiger partial charge in [-0.1, -0.05) is 12.1 Å². The van der Waals surface area contributed by atoms with Gasteiger partial charge < -0.3 is 10.1 Å². The van der Waals surface area contributed by atoms with Crippen LogP contribution in [0.15, 0.2) is 90.0 Å². The molecule has 7 nitrogen and oxygen atoms in total. The largest absolute Gasteiger partial charge is 0.497 e. The molecule has 0 aliphatic rings. The molecule has 32 heavy (non-hydrogen) atoms. The molecule has 2 N–H and O–H groups in total. The molecule has 0 fully saturated rings. The third-order valence-corrected chi connectivity index (χ3v) is 5.94. The summed E-state index contributed by atoms with van der Waals surface area (Å²) in [5.74, 6) is 0.330. The van der Waals surface area contributed by atoms with E-state index in [4.69, 9.17) is 4.74 Å². The Bertz CT molecular complexity index is 1250. The Balaban J connectivity index is 1.63. The topological polar surface area (TPSA) is 102 Å². The summed E-state index contributed by atoms with van der Waals surface area (Å²) in [7, 11) is -2.26. The van der Waals surface area contributed by atoms with Crippen molar-refractivity contribution in [2.45, 2.75) is 11.8 Å². The summed E-state index contributed by atoms with van der Waals surface area (Å²) in [6.45, 7) is 1.42. The van der Waals surface area contributed by atoms with Crippen molar-refractivity contribution in [3.63, 3.8) is 0 Å². The molecule has 0 aliphatic heterocycles. The second-order valence-corrected chi connectivity index (χ2v) is 8.52. The number of rotatable bonds is 9. The van der Waals surface area contributed by atoms with Crippen molar-refractivity contribution in [1.29, 1.82) is 0 Å². The number of ether oxygens (including phenoxy) is 1. The molecule has 0 amide bonds. The molecule has 8 heteroatoms. The summed E-state index contributed by atoms with van der Waals surface area (Å²) in [4.78, 5) is 23.7. The number of methoxy groups -OCH3 is 1. The molecule has 0 saturated heterocycles. The average molecular weight is 451 g/mol. The summed E-state index contributed by atoms with van der Waals surface area (Å²) < 4.78 is 32.8. The molecule has 3 aromatic rings. The Labute approximate surface area is 186 Å². The zero-order valence-electron chi connectivity index (χ0n) is 17.5. The molecule has 0 heterocycles. The molecule has 0 atom stereocenters. The van der Waals surface area contributed by atoms with Crippen LogP contribution in [0.5, 0.6) is 5.75 Å². The number of hydrogen-bond acceptors (Lipinski definition) is 6. The Morgan fingerprint density at radius 1 is 0.875 bits per heavy atom. The molecule has 0 saturated carbocycles. The Kier molecular flexibility index (Phi) is 7.07. The van der Waals surface area contributed by atoms with E-state index in [2.05, 4.69) is 10.0 Å². The highest BCUT2D eigenvalue weighted by Gasteiger charge is 2.14. The van der Waals surface area contributed by atoms with E-state index < -0.39 is 10.0 Å². The number of Topliss-reactive ketones (excluding diaryl/α,β-unsaturated/α-hetero) is 1. The van der Waals surface area contributed by atoms with E-state index >= 15 is 0 Å². The first-order valence-electron chi connectivity index (χ1n) is 9.64. The number of nitrogens with one attached hydrogen (secondary N) is 2. The Hall–Kier alpha value is -3.91. The Morgan fingerprint density at radius 2 is 1.56 bits per heavy atom. The zero-order chi connectivity index (χ0) is 23.1. The predicted molar refractivity (Wildman–Crippen MR) is 124 cm³/mol. The van der Waals surface area contributed by atoms with Crippen LogP contribution < -0.4 is 14.8 Å². The van der Waals surface area contributed by atoms with E-state index in [1.54, 1.807) is 61.7 Å². The van der Waals surface area contributed by atoms with Gasteiger partial charge in [0, 0.05) is 34.8 Å². The first kappa shape index (κ1) is 22.8. The lowest BCUT2D eigenvalue weighted by Crippen LogP contribution is -2.13. The van der Waals surface area contributed by atoms with Crippen LogP contribution in [0.2, 0.25) is 0 Å². The molecule has 0 aliphatic carbocycles. The highest BCUT2D eigenvalue weighted by Crippen LogP contribution is 2.19. The molecule has 0 unspecified atom stereocenters. The maximum atomic E-state index is 12.6. The van der Waals surface area contributed by atoms with Crippen LogP contribution in [-0.4, -0.2) is 27.1 Å². The molecular weight excluding hydrogens is 428 g/mol. The van der Waals surface area contributed by atoms with Gasteiger partial charge in [0.1, 0.15) is 5.75 Å². The summed E-state index contributed by atoms with van der Waals surface area (Å²) in [6, 6.07) is 19.1. The summed E-state index contributed by atoms with van der Waals surface area (Å²) >= 11 is 0. The number of carbonyl (C=O) groups excluding carboxylic acids is 2. The van der Waals surface area contributed by atoms with E-state index in [0.29, 0.717) is 28.3 Å². The van der Waals surface area contributed by atoms with Crippen LogP contribution >= 0.6 is 0 Å². The monoisotopic (exact) mass is 450 g/mol. The maximum Gasteiger partial charge on any atom is 0.261 e.